The Labute approximate surface area is 106 Å². The number of nitrogens with zero attached hydrogens (tertiary/aromatic N) is 2. The van der Waals surface area contributed by atoms with E-state index >= 15 is 0 Å². The molecule has 0 spiro atoms. The van der Waals surface area contributed by atoms with E-state index in [4.69, 9.17) is 5.11 Å². The minimum Gasteiger partial charge on any atom is -0.481 e. The summed E-state index contributed by atoms with van der Waals surface area (Å²) in [5.74, 6) is -1.52. The van der Waals surface area contributed by atoms with Gasteiger partial charge < -0.3 is 15.3 Å². The van der Waals surface area contributed by atoms with Crippen molar-refractivity contribution in [2.24, 2.45) is 0 Å². The van der Waals surface area contributed by atoms with Gasteiger partial charge in [-0.1, -0.05) is 0 Å². The van der Waals surface area contributed by atoms with Crippen LogP contribution in [0.1, 0.15) is 13.3 Å². The van der Waals surface area contributed by atoms with E-state index < -0.39 is 18.1 Å². The van der Waals surface area contributed by atoms with Crippen molar-refractivity contribution in [3.8, 4) is 0 Å². The van der Waals surface area contributed by atoms with Gasteiger partial charge in [0, 0.05) is 27.2 Å². The predicted molar refractivity (Wildman–Crippen MR) is 63.9 cm³/mol. The number of amides is 2. The molecule has 2 amide bonds. The molecule has 1 heterocycles. The smallest absolute Gasteiger partial charge is 0.305 e. The number of rotatable bonds is 4. The molecule has 7 heteroatoms. The van der Waals surface area contributed by atoms with Crippen LogP contribution >= 0.6 is 0 Å². The van der Waals surface area contributed by atoms with Gasteiger partial charge in [-0.3, -0.25) is 19.3 Å². The normalized spacial score (nSPS) is 22.2. The lowest BCUT2D eigenvalue weighted by Gasteiger charge is -2.38. The number of carboxylic acids is 1. The van der Waals surface area contributed by atoms with Gasteiger partial charge in [-0.15, -0.1) is 0 Å². The van der Waals surface area contributed by atoms with Crippen LogP contribution in [0.15, 0.2) is 0 Å². The molecular formula is C11H19N3O4. The second-order valence-corrected chi connectivity index (χ2v) is 4.55. The summed E-state index contributed by atoms with van der Waals surface area (Å²) in [4.78, 5) is 37.5. The quantitative estimate of drug-likeness (QED) is 0.656. The lowest BCUT2D eigenvalue weighted by molar-refractivity contribution is -0.147. The minimum absolute atomic E-state index is 0.139. The summed E-state index contributed by atoms with van der Waals surface area (Å²) in [6.45, 7) is 2.60. The zero-order valence-corrected chi connectivity index (χ0v) is 10.8. The van der Waals surface area contributed by atoms with Crippen LogP contribution in [0.4, 0.5) is 0 Å². The molecule has 0 aliphatic carbocycles. The van der Waals surface area contributed by atoms with Gasteiger partial charge >= 0.3 is 5.97 Å². The van der Waals surface area contributed by atoms with Crippen LogP contribution in [0, 0.1) is 0 Å². The van der Waals surface area contributed by atoms with Crippen molar-refractivity contribution in [2.45, 2.75) is 25.4 Å². The van der Waals surface area contributed by atoms with Crippen molar-refractivity contribution in [1.82, 2.24) is 15.1 Å². The maximum Gasteiger partial charge on any atom is 0.305 e. The van der Waals surface area contributed by atoms with Gasteiger partial charge in [-0.2, -0.15) is 0 Å². The van der Waals surface area contributed by atoms with Gasteiger partial charge in [0.05, 0.1) is 12.5 Å². The van der Waals surface area contributed by atoms with Crippen molar-refractivity contribution < 1.29 is 19.5 Å². The van der Waals surface area contributed by atoms with Crippen LogP contribution in [0.3, 0.4) is 0 Å². The summed E-state index contributed by atoms with van der Waals surface area (Å²) in [6, 6.07) is -1.29. The molecule has 1 saturated heterocycles. The summed E-state index contributed by atoms with van der Waals surface area (Å²) >= 11 is 0. The van der Waals surface area contributed by atoms with Crippen LogP contribution in [0.5, 0.6) is 0 Å². The van der Waals surface area contributed by atoms with E-state index in [2.05, 4.69) is 5.32 Å². The molecule has 18 heavy (non-hydrogen) atoms. The Kier molecular flexibility index (Phi) is 4.66. The molecule has 0 radical (unpaired) electrons. The second kappa shape index (κ2) is 5.81. The van der Waals surface area contributed by atoms with Crippen LogP contribution < -0.4 is 5.32 Å². The molecule has 102 valence electrons. The Morgan fingerprint density at radius 1 is 1.56 bits per heavy atom. The van der Waals surface area contributed by atoms with Crippen molar-refractivity contribution in [1.29, 1.82) is 0 Å². The molecular weight excluding hydrogens is 238 g/mol. The molecule has 0 saturated carbocycles. The molecule has 0 bridgehead atoms. The van der Waals surface area contributed by atoms with E-state index in [-0.39, 0.29) is 18.2 Å². The number of aliphatic carboxylic acids is 1. The van der Waals surface area contributed by atoms with Crippen LogP contribution in [0.25, 0.3) is 0 Å². The van der Waals surface area contributed by atoms with Crippen molar-refractivity contribution in [3.05, 3.63) is 0 Å². The van der Waals surface area contributed by atoms with Crippen molar-refractivity contribution >= 4 is 17.8 Å². The standard InChI is InChI=1S/C11H19N3O4/c1-7(11(18)13(2)3)14-5-4-12-10(17)8(14)6-9(15)16/h7-8H,4-6H2,1-3H3,(H,12,17)(H,15,16). The minimum atomic E-state index is -1.05. The number of hydrogen-bond donors (Lipinski definition) is 2. The first-order chi connectivity index (χ1) is 8.34. The average Bonchev–Trinajstić information content (AvgIpc) is 2.29. The maximum atomic E-state index is 11.9. The van der Waals surface area contributed by atoms with Crippen LogP contribution in [-0.2, 0) is 14.4 Å². The number of carbonyl (C=O) groups excluding carboxylic acids is 2. The first kappa shape index (κ1) is 14.4. The molecule has 1 rings (SSSR count). The number of piperazine rings is 1. The average molecular weight is 257 g/mol. The van der Waals surface area contributed by atoms with E-state index in [0.29, 0.717) is 13.1 Å². The van der Waals surface area contributed by atoms with Crippen LogP contribution in [-0.4, -0.2) is 72.0 Å². The van der Waals surface area contributed by atoms with E-state index in [0.717, 1.165) is 0 Å². The number of carbonyl (C=O) groups is 3. The highest BCUT2D eigenvalue weighted by Gasteiger charge is 2.37. The van der Waals surface area contributed by atoms with Crippen molar-refractivity contribution in [2.75, 3.05) is 27.2 Å². The zero-order valence-electron chi connectivity index (χ0n) is 10.8. The summed E-state index contributed by atoms with van der Waals surface area (Å²) in [5, 5.41) is 11.5. The van der Waals surface area contributed by atoms with Crippen LogP contribution in [0.2, 0.25) is 0 Å². The van der Waals surface area contributed by atoms with Gasteiger partial charge in [0.1, 0.15) is 6.04 Å². The van der Waals surface area contributed by atoms with E-state index in [1.807, 2.05) is 0 Å². The summed E-state index contributed by atoms with van der Waals surface area (Å²) < 4.78 is 0. The monoisotopic (exact) mass is 257 g/mol. The maximum absolute atomic E-state index is 11.9. The number of hydrogen-bond acceptors (Lipinski definition) is 4. The highest BCUT2D eigenvalue weighted by Crippen LogP contribution is 2.14. The summed E-state index contributed by atoms with van der Waals surface area (Å²) in [5.41, 5.74) is 0. The lowest BCUT2D eigenvalue weighted by atomic mass is 10.1. The van der Waals surface area contributed by atoms with Gasteiger partial charge in [0.25, 0.3) is 0 Å². The molecule has 1 aliphatic heterocycles. The molecule has 2 unspecified atom stereocenters. The van der Waals surface area contributed by atoms with Crippen molar-refractivity contribution in [3.63, 3.8) is 0 Å². The predicted octanol–water partition coefficient (Wildman–Crippen LogP) is -1.26. The van der Waals surface area contributed by atoms with E-state index in [9.17, 15) is 14.4 Å². The molecule has 0 aromatic carbocycles. The number of nitrogens with one attached hydrogen (secondary N) is 1. The Hall–Kier alpha value is -1.63. The Bertz CT molecular complexity index is 356. The fraction of sp³-hybridized carbons (Fsp3) is 0.727. The number of carboxylic acid groups (broad SMARTS) is 1. The third kappa shape index (κ3) is 3.19. The Morgan fingerprint density at radius 2 is 2.17 bits per heavy atom. The Morgan fingerprint density at radius 3 is 2.67 bits per heavy atom. The second-order valence-electron chi connectivity index (χ2n) is 4.55. The van der Waals surface area contributed by atoms with E-state index in [1.165, 1.54) is 4.90 Å². The van der Waals surface area contributed by atoms with Gasteiger partial charge in [-0.05, 0) is 6.92 Å². The largest absolute Gasteiger partial charge is 0.481 e. The van der Waals surface area contributed by atoms with E-state index in [1.54, 1.807) is 25.9 Å². The topological polar surface area (TPSA) is 90.0 Å². The molecule has 7 nitrogen and oxygen atoms in total. The fourth-order valence-electron chi connectivity index (χ4n) is 2.09. The molecule has 2 N–H and O–H groups in total. The highest BCUT2D eigenvalue weighted by atomic mass is 16.4. The third-order valence-electron chi connectivity index (χ3n) is 3.04. The fourth-order valence-corrected chi connectivity index (χ4v) is 2.09. The zero-order chi connectivity index (χ0) is 13.9. The number of likely N-dealkylation sites (N-methyl/N-ethyl adjacent to an activating group) is 1. The van der Waals surface area contributed by atoms with Gasteiger partial charge in [-0.25, -0.2) is 0 Å². The Balaban J connectivity index is 2.85. The van der Waals surface area contributed by atoms with Gasteiger partial charge in [0.2, 0.25) is 11.8 Å². The lowest BCUT2D eigenvalue weighted by Crippen LogP contribution is -2.61. The first-order valence-corrected chi connectivity index (χ1v) is 5.81. The molecule has 1 fully saturated rings. The first-order valence-electron chi connectivity index (χ1n) is 5.81. The molecule has 0 aromatic rings. The highest BCUT2D eigenvalue weighted by molar-refractivity contribution is 5.88. The SMILES string of the molecule is CC(C(=O)N(C)C)N1CCNC(=O)C1CC(=O)O. The summed E-state index contributed by atoms with van der Waals surface area (Å²) in [7, 11) is 3.27. The molecule has 2 atom stereocenters. The van der Waals surface area contributed by atoms with Gasteiger partial charge in [0.15, 0.2) is 0 Å². The third-order valence-corrected chi connectivity index (χ3v) is 3.04. The summed E-state index contributed by atoms with van der Waals surface area (Å²) in [6.07, 6.45) is -0.295. The molecule has 1 aliphatic rings. The molecule has 0 aromatic heterocycles.